The van der Waals surface area contributed by atoms with Crippen molar-refractivity contribution in [2.45, 2.75) is 27.2 Å². The molecule has 0 bridgehead atoms. The first-order valence-corrected chi connectivity index (χ1v) is 6.36. The van der Waals surface area contributed by atoms with Crippen LogP contribution in [0.1, 0.15) is 25.8 Å². The molecule has 3 N–H and O–H groups in total. The number of aryl methyl sites for hydroxylation is 1. The van der Waals surface area contributed by atoms with Crippen LogP contribution in [0.4, 0.5) is 5.69 Å². The molecule has 0 aliphatic carbocycles. The predicted octanol–water partition coefficient (Wildman–Crippen LogP) is 2.47. The van der Waals surface area contributed by atoms with Gasteiger partial charge in [0.15, 0.2) is 0 Å². The van der Waals surface area contributed by atoms with Gasteiger partial charge in [-0.25, -0.2) is 4.98 Å². The number of aromatic nitrogens is 1. The number of anilines is 1. The number of pyridine rings is 1. The Labute approximate surface area is 110 Å². The van der Waals surface area contributed by atoms with E-state index in [1.54, 1.807) is 6.20 Å². The SMILES string of the molecule is CCC(C)(CN)C(=O)Nc1cnc(Br)c(C)c1. The minimum Gasteiger partial charge on any atom is -0.329 e. The van der Waals surface area contributed by atoms with Gasteiger partial charge in [0, 0.05) is 6.54 Å². The highest BCUT2D eigenvalue weighted by Crippen LogP contribution is 2.23. The van der Waals surface area contributed by atoms with Gasteiger partial charge in [0.2, 0.25) is 5.91 Å². The van der Waals surface area contributed by atoms with E-state index in [0.717, 1.165) is 10.2 Å². The average Bonchev–Trinajstić information content (AvgIpc) is 2.32. The monoisotopic (exact) mass is 299 g/mol. The van der Waals surface area contributed by atoms with Crippen molar-refractivity contribution >= 4 is 27.5 Å². The second kappa shape index (κ2) is 5.60. The van der Waals surface area contributed by atoms with Crippen LogP contribution in [0.5, 0.6) is 0 Å². The smallest absolute Gasteiger partial charge is 0.231 e. The van der Waals surface area contributed by atoms with Gasteiger partial charge < -0.3 is 11.1 Å². The van der Waals surface area contributed by atoms with Gasteiger partial charge in [-0.15, -0.1) is 0 Å². The van der Waals surface area contributed by atoms with Crippen LogP contribution in [0.15, 0.2) is 16.9 Å². The lowest BCUT2D eigenvalue weighted by Gasteiger charge is -2.24. The standard InChI is InChI=1S/C12H18BrN3O/c1-4-12(3,7-14)11(17)16-9-5-8(2)10(13)15-6-9/h5-6H,4,7,14H2,1-3H3,(H,16,17). The Kier molecular flexibility index (Phi) is 4.65. The number of nitrogens with two attached hydrogens (primary N) is 1. The first-order valence-electron chi connectivity index (χ1n) is 5.56. The molecule has 0 fully saturated rings. The second-order valence-corrected chi connectivity index (χ2v) is 5.16. The van der Waals surface area contributed by atoms with Crippen molar-refractivity contribution in [1.82, 2.24) is 4.98 Å². The normalized spacial score (nSPS) is 14.2. The summed E-state index contributed by atoms with van der Waals surface area (Å²) in [6.07, 6.45) is 2.33. The summed E-state index contributed by atoms with van der Waals surface area (Å²) < 4.78 is 0.785. The van der Waals surface area contributed by atoms with Gasteiger partial charge in [-0.1, -0.05) is 6.92 Å². The molecule has 1 atom stereocenters. The first kappa shape index (κ1) is 14.1. The van der Waals surface area contributed by atoms with E-state index in [2.05, 4.69) is 26.2 Å². The number of hydrogen-bond acceptors (Lipinski definition) is 3. The molecule has 5 heteroatoms. The summed E-state index contributed by atoms with van der Waals surface area (Å²) in [4.78, 5) is 16.2. The van der Waals surface area contributed by atoms with Crippen molar-refractivity contribution in [1.29, 1.82) is 0 Å². The quantitative estimate of drug-likeness (QED) is 0.839. The van der Waals surface area contributed by atoms with Crippen LogP contribution in [0.25, 0.3) is 0 Å². The van der Waals surface area contributed by atoms with Gasteiger partial charge in [0.05, 0.1) is 17.3 Å². The molecule has 1 heterocycles. The fourth-order valence-corrected chi connectivity index (χ4v) is 1.52. The van der Waals surface area contributed by atoms with Crippen LogP contribution in [0.3, 0.4) is 0 Å². The molecule has 0 radical (unpaired) electrons. The fraction of sp³-hybridized carbons (Fsp3) is 0.500. The predicted molar refractivity (Wildman–Crippen MR) is 72.8 cm³/mol. The summed E-state index contributed by atoms with van der Waals surface area (Å²) in [5, 5.41) is 2.85. The maximum atomic E-state index is 12.1. The molecule has 1 unspecified atom stereocenters. The molecule has 17 heavy (non-hydrogen) atoms. The Bertz CT molecular complexity index is 416. The lowest BCUT2D eigenvalue weighted by molar-refractivity contribution is -0.124. The van der Waals surface area contributed by atoms with Crippen molar-refractivity contribution in [2.24, 2.45) is 11.1 Å². The van der Waals surface area contributed by atoms with Crippen LogP contribution < -0.4 is 11.1 Å². The van der Waals surface area contributed by atoms with Gasteiger partial charge in [0.1, 0.15) is 4.60 Å². The van der Waals surface area contributed by atoms with E-state index in [0.29, 0.717) is 18.7 Å². The molecule has 0 aromatic carbocycles. The fourth-order valence-electron chi connectivity index (χ4n) is 1.31. The number of amides is 1. The topological polar surface area (TPSA) is 68.0 Å². The lowest BCUT2D eigenvalue weighted by atomic mass is 9.86. The molecule has 0 saturated carbocycles. The maximum Gasteiger partial charge on any atom is 0.231 e. The Morgan fingerprint density at radius 2 is 2.29 bits per heavy atom. The molecule has 4 nitrogen and oxygen atoms in total. The number of nitrogens with zero attached hydrogens (tertiary/aromatic N) is 1. The third kappa shape index (κ3) is 3.26. The second-order valence-electron chi connectivity index (χ2n) is 4.40. The van der Waals surface area contributed by atoms with E-state index in [-0.39, 0.29) is 5.91 Å². The zero-order chi connectivity index (χ0) is 13.1. The Hall–Kier alpha value is -0.940. The minimum absolute atomic E-state index is 0.0639. The number of carbonyl (C=O) groups excluding carboxylic acids is 1. The number of halogens is 1. The third-order valence-corrected chi connectivity index (χ3v) is 3.88. The van der Waals surface area contributed by atoms with Crippen molar-refractivity contribution < 1.29 is 4.79 Å². The van der Waals surface area contributed by atoms with Crippen molar-refractivity contribution in [3.05, 3.63) is 22.4 Å². The van der Waals surface area contributed by atoms with Crippen LogP contribution in [-0.4, -0.2) is 17.4 Å². The van der Waals surface area contributed by atoms with E-state index < -0.39 is 5.41 Å². The summed E-state index contributed by atoms with van der Waals surface area (Å²) in [5.74, 6) is -0.0639. The maximum absolute atomic E-state index is 12.1. The van der Waals surface area contributed by atoms with Crippen molar-refractivity contribution in [2.75, 3.05) is 11.9 Å². The van der Waals surface area contributed by atoms with Crippen molar-refractivity contribution in [3.63, 3.8) is 0 Å². The van der Waals surface area contributed by atoms with Gasteiger partial charge in [-0.3, -0.25) is 4.79 Å². The molecule has 1 aromatic heterocycles. The largest absolute Gasteiger partial charge is 0.329 e. The molecule has 0 saturated heterocycles. The molecule has 1 rings (SSSR count). The summed E-state index contributed by atoms with van der Waals surface area (Å²) in [7, 11) is 0. The number of carbonyl (C=O) groups is 1. The Balaban J connectivity index is 2.84. The third-order valence-electron chi connectivity index (χ3n) is 3.05. The Morgan fingerprint density at radius 3 is 2.76 bits per heavy atom. The number of rotatable bonds is 4. The van der Waals surface area contributed by atoms with E-state index in [1.807, 2.05) is 26.8 Å². The number of nitrogens with one attached hydrogen (secondary N) is 1. The van der Waals surface area contributed by atoms with E-state index in [1.165, 1.54) is 0 Å². The minimum atomic E-state index is -0.527. The van der Waals surface area contributed by atoms with E-state index in [4.69, 9.17) is 5.73 Å². The van der Waals surface area contributed by atoms with Crippen molar-refractivity contribution in [3.8, 4) is 0 Å². The molecule has 0 aliphatic rings. The molecule has 0 spiro atoms. The summed E-state index contributed by atoms with van der Waals surface area (Å²) >= 11 is 3.32. The van der Waals surface area contributed by atoms with Gasteiger partial charge in [-0.2, -0.15) is 0 Å². The van der Waals surface area contributed by atoms with Crippen LogP contribution in [0, 0.1) is 12.3 Å². The lowest BCUT2D eigenvalue weighted by Crippen LogP contribution is -2.39. The first-order chi connectivity index (χ1) is 7.92. The zero-order valence-corrected chi connectivity index (χ0v) is 12.0. The van der Waals surface area contributed by atoms with Crippen LogP contribution >= 0.6 is 15.9 Å². The number of hydrogen-bond donors (Lipinski definition) is 2. The highest BCUT2D eigenvalue weighted by Gasteiger charge is 2.29. The molecule has 0 aliphatic heterocycles. The Morgan fingerprint density at radius 1 is 1.65 bits per heavy atom. The van der Waals surface area contributed by atoms with Gasteiger partial charge in [0.25, 0.3) is 0 Å². The van der Waals surface area contributed by atoms with Crippen LogP contribution in [0.2, 0.25) is 0 Å². The summed E-state index contributed by atoms with van der Waals surface area (Å²) in [6.45, 7) is 6.08. The average molecular weight is 300 g/mol. The van der Waals surface area contributed by atoms with Crippen LogP contribution in [-0.2, 0) is 4.79 Å². The summed E-state index contributed by atoms with van der Waals surface area (Å²) in [6, 6.07) is 1.88. The molecular weight excluding hydrogens is 282 g/mol. The van der Waals surface area contributed by atoms with E-state index >= 15 is 0 Å². The molecular formula is C12H18BrN3O. The van der Waals surface area contributed by atoms with Gasteiger partial charge in [-0.05, 0) is 47.8 Å². The van der Waals surface area contributed by atoms with E-state index in [9.17, 15) is 4.79 Å². The highest BCUT2D eigenvalue weighted by molar-refractivity contribution is 9.10. The summed E-state index contributed by atoms with van der Waals surface area (Å²) in [5.41, 5.74) is 6.79. The molecule has 1 aromatic rings. The zero-order valence-electron chi connectivity index (χ0n) is 10.4. The van der Waals surface area contributed by atoms with Gasteiger partial charge >= 0.3 is 0 Å². The molecule has 1 amide bonds. The highest BCUT2D eigenvalue weighted by atomic mass is 79.9. The molecule has 94 valence electrons.